The van der Waals surface area contributed by atoms with E-state index >= 15 is 0 Å². The molecule has 0 saturated heterocycles. The maximum Gasteiger partial charge on any atom is 0.104 e. The summed E-state index contributed by atoms with van der Waals surface area (Å²) in [7, 11) is 2.87. The molecule has 0 aromatic heterocycles. The molecular formula is C6H15ClN2OS. The highest BCUT2D eigenvalue weighted by atomic mass is 35.7. The molecule has 0 atom stereocenters. The molecule has 0 aliphatic heterocycles. The van der Waals surface area contributed by atoms with Crippen molar-refractivity contribution in [1.29, 1.82) is 0 Å². The van der Waals surface area contributed by atoms with E-state index in [1.54, 1.807) is 0 Å². The topological polar surface area (TPSA) is 55.1 Å². The normalized spacial score (nSPS) is 14.6. The molecule has 0 heterocycles. The molecule has 0 saturated carbocycles. The lowest BCUT2D eigenvalue weighted by Gasteiger charge is -2.15. The van der Waals surface area contributed by atoms with Gasteiger partial charge in [-0.05, 0) is 17.1 Å². The summed E-state index contributed by atoms with van der Waals surface area (Å²) in [5, 5.41) is 3.35. The van der Waals surface area contributed by atoms with E-state index in [4.69, 9.17) is 16.4 Å². The van der Waals surface area contributed by atoms with Gasteiger partial charge >= 0.3 is 0 Å². The lowest BCUT2D eigenvalue weighted by molar-refractivity contribution is 0.681. The van der Waals surface area contributed by atoms with E-state index in [0.717, 1.165) is 13.0 Å². The van der Waals surface area contributed by atoms with Crippen LogP contribution in [0.4, 0.5) is 0 Å². The molecule has 0 fully saturated rings. The summed E-state index contributed by atoms with van der Waals surface area (Å²) in [4.78, 5) is 0. The van der Waals surface area contributed by atoms with Gasteiger partial charge in [0, 0.05) is 28.1 Å². The van der Waals surface area contributed by atoms with Gasteiger partial charge in [0.1, 0.15) is 5.03 Å². The first-order chi connectivity index (χ1) is 5.02. The molecule has 0 aromatic carbocycles. The Morgan fingerprint density at radius 2 is 2.36 bits per heavy atom. The summed E-state index contributed by atoms with van der Waals surface area (Å²) >= 11 is 0. The van der Waals surface area contributed by atoms with Crippen LogP contribution < -0.4 is 11.1 Å². The third-order valence-corrected chi connectivity index (χ3v) is 2.86. The van der Waals surface area contributed by atoms with Crippen LogP contribution in [0.25, 0.3) is 0 Å². The van der Waals surface area contributed by atoms with Crippen molar-refractivity contribution >= 4 is 19.8 Å². The number of nitrogens with one attached hydrogen (secondary N) is 1. The summed E-state index contributed by atoms with van der Waals surface area (Å²) in [6, 6.07) is 0. The average molecular weight is 199 g/mol. The first kappa shape index (κ1) is 10.8. The molecule has 68 valence electrons. The lowest BCUT2D eigenvalue weighted by atomic mass is 10.5. The molecule has 0 unspecified atom stereocenters. The molecule has 0 aliphatic rings. The Hall–Kier alpha value is -0.220. The third kappa shape index (κ3) is 4.27. The van der Waals surface area contributed by atoms with E-state index in [9.17, 15) is 4.21 Å². The number of hydrogen-bond acceptors (Lipinski definition) is 3. The Balaban J connectivity index is 4.10. The van der Waals surface area contributed by atoms with E-state index in [-0.39, 0.29) is 0 Å². The SMILES string of the molecule is CCCN/C(=C\N)[SH](C)(=O)Cl. The van der Waals surface area contributed by atoms with Crippen molar-refractivity contribution < 1.29 is 4.21 Å². The van der Waals surface area contributed by atoms with E-state index in [0.29, 0.717) is 5.03 Å². The second-order valence-corrected chi connectivity index (χ2v) is 6.36. The minimum absolute atomic E-state index is 0.445. The van der Waals surface area contributed by atoms with Crippen molar-refractivity contribution in [3.05, 3.63) is 11.2 Å². The Bertz CT molecular complexity index is 187. The summed E-state index contributed by atoms with van der Waals surface area (Å²) in [5.41, 5.74) is 5.22. The van der Waals surface area contributed by atoms with Gasteiger partial charge in [0.2, 0.25) is 0 Å². The molecule has 0 spiro atoms. The van der Waals surface area contributed by atoms with Gasteiger partial charge in [-0.3, -0.25) is 4.21 Å². The Morgan fingerprint density at radius 1 is 1.82 bits per heavy atom. The number of hydrogen-bond donors (Lipinski definition) is 3. The average Bonchev–Trinajstić information content (AvgIpc) is 1.87. The summed E-state index contributed by atoms with van der Waals surface area (Å²) in [5.74, 6) is 0. The molecule has 0 rings (SSSR count). The van der Waals surface area contributed by atoms with E-state index in [1.165, 1.54) is 12.5 Å². The van der Waals surface area contributed by atoms with E-state index in [2.05, 4.69) is 5.32 Å². The summed E-state index contributed by atoms with van der Waals surface area (Å²) in [6.07, 6.45) is 3.69. The second-order valence-electron chi connectivity index (χ2n) is 2.30. The zero-order chi connectivity index (χ0) is 8.91. The van der Waals surface area contributed by atoms with Crippen LogP contribution in [0.1, 0.15) is 13.3 Å². The largest absolute Gasteiger partial charge is 0.402 e. The maximum atomic E-state index is 11.2. The molecule has 3 nitrogen and oxygen atoms in total. The third-order valence-electron chi connectivity index (χ3n) is 1.14. The van der Waals surface area contributed by atoms with Crippen molar-refractivity contribution in [2.75, 3.05) is 12.8 Å². The minimum atomic E-state index is -2.71. The van der Waals surface area contributed by atoms with Gasteiger partial charge in [0.05, 0.1) is 0 Å². The van der Waals surface area contributed by atoms with Crippen LogP contribution in [0, 0.1) is 0 Å². The number of rotatable bonds is 4. The van der Waals surface area contributed by atoms with Gasteiger partial charge in [-0.1, -0.05) is 6.92 Å². The molecule has 3 N–H and O–H groups in total. The van der Waals surface area contributed by atoms with Crippen molar-refractivity contribution in [1.82, 2.24) is 5.32 Å². The molecule has 5 heteroatoms. The van der Waals surface area contributed by atoms with E-state index < -0.39 is 9.15 Å². The quantitative estimate of drug-likeness (QED) is 0.457. The monoisotopic (exact) mass is 198 g/mol. The van der Waals surface area contributed by atoms with Gasteiger partial charge in [-0.15, -0.1) is 0 Å². The van der Waals surface area contributed by atoms with Crippen LogP contribution in [0.15, 0.2) is 11.2 Å². The first-order valence-corrected chi connectivity index (χ1v) is 6.51. The van der Waals surface area contributed by atoms with Crippen LogP contribution in [0.3, 0.4) is 0 Å². The molecule has 11 heavy (non-hydrogen) atoms. The highest BCUT2D eigenvalue weighted by Gasteiger charge is 2.08. The number of halogens is 1. The van der Waals surface area contributed by atoms with Crippen LogP contribution in [-0.4, -0.2) is 17.0 Å². The van der Waals surface area contributed by atoms with Crippen molar-refractivity contribution in [3.63, 3.8) is 0 Å². The molecule has 0 aromatic rings. The fraction of sp³-hybridized carbons (Fsp3) is 0.667. The second kappa shape index (κ2) is 4.62. The smallest absolute Gasteiger partial charge is 0.104 e. The van der Waals surface area contributed by atoms with Crippen LogP contribution in [0.5, 0.6) is 0 Å². The Labute approximate surface area is 72.9 Å². The summed E-state index contributed by atoms with van der Waals surface area (Å²) < 4.78 is 11.2. The number of nitrogens with two attached hydrogens (primary N) is 1. The predicted octanol–water partition coefficient (Wildman–Crippen LogP) is 0.544. The fourth-order valence-electron chi connectivity index (χ4n) is 0.586. The van der Waals surface area contributed by atoms with E-state index in [1.807, 2.05) is 6.92 Å². The Kier molecular flexibility index (Phi) is 4.52. The maximum absolute atomic E-state index is 11.2. The van der Waals surface area contributed by atoms with Gasteiger partial charge < -0.3 is 11.1 Å². The fourth-order valence-corrected chi connectivity index (χ4v) is 1.60. The highest BCUT2D eigenvalue weighted by molar-refractivity contribution is 8.25. The highest BCUT2D eigenvalue weighted by Crippen LogP contribution is 2.14. The van der Waals surface area contributed by atoms with Crippen LogP contribution in [0.2, 0.25) is 0 Å². The zero-order valence-electron chi connectivity index (χ0n) is 6.80. The number of thiol groups is 1. The first-order valence-electron chi connectivity index (χ1n) is 3.46. The Morgan fingerprint density at radius 3 is 2.64 bits per heavy atom. The molecular weight excluding hydrogens is 184 g/mol. The van der Waals surface area contributed by atoms with Crippen molar-refractivity contribution in [3.8, 4) is 0 Å². The van der Waals surface area contributed by atoms with Crippen molar-refractivity contribution in [2.24, 2.45) is 5.73 Å². The molecule has 0 aliphatic carbocycles. The minimum Gasteiger partial charge on any atom is -0.402 e. The summed E-state index contributed by atoms with van der Waals surface area (Å²) in [6.45, 7) is 2.75. The van der Waals surface area contributed by atoms with Crippen molar-refractivity contribution in [2.45, 2.75) is 13.3 Å². The zero-order valence-corrected chi connectivity index (χ0v) is 8.45. The predicted molar refractivity (Wildman–Crippen MR) is 51.9 cm³/mol. The molecule has 0 bridgehead atoms. The van der Waals surface area contributed by atoms with Crippen LogP contribution >= 0.6 is 10.7 Å². The molecule has 0 amide bonds. The van der Waals surface area contributed by atoms with Gasteiger partial charge in [-0.25, -0.2) is 0 Å². The van der Waals surface area contributed by atoms with Gasteiger partial charge in [-0.2, -0.15) is 0 Å². The van der Waals surface area contributed by atoms with Gasteiger partial charge in [0.25, 0.3) is 0 Å². The molecule has 0 radical (unpaired) electrons. The standard InChI is InChI=1S/C6H15ClN2OS/c1-3-4-9-6(5-8)11(2,7)10/h5,9,11H,3-4,8H2,1-2H3/b6-5+. The lowest BCUT2D eigenvalue weighted by Crippen LogP contribution is -2.23. The van der Waals surface area contributed by atoms with Gasteiger partial charge in [0.15, 0.2) is 0 Å². The van der Waals surface area contributed by atoms with Crippen LogP contribution in [-0.2, 0) is 9.15 Å².